The molecule has 0 amide bonds. The van der Waals surface area contributed by atoms with Crippen LogP contribution in [0.15, 0.2) is 46.7 Å². The summed E-state index contributed by atoms with van der Waals surface area (Å²) < 4.78 is 0. The number of aromatic carboxylic acids is 1. The summed E-state index contributed by atoms with van der Waals surface area (Å²) in [4.78, 5) is 19.4. The Morgan fingerprint density at radius 1 is 1.35 bits per heavy atom. The Morgan fingerprint density at radius 3 is 2.88 bits per heavy atom. The predicted octanol–water partition coefficient (Wildman–Crippen LogP) is 2.98. The number of hydrogen-bond acceptors (Lipinski definition) is 4. The van der Waals surface area contributed by atoms with Gasteiger partial charge < -0.3 is 5.11 Å². The molecule has 1 N–H and O–H groups in total. The van der Waals surface area contributed by atoms with E-state index in [0.717, 1.165) is 0 Å². The van der Waals surface area contributed by atoms with Crippen molar-refractivity contribution in [3.8, 4) is 0 Å². The van der Waals surface area contributed by atoms with Crippen molar-refractivity contribution in [3.63, 3.8) is 0 Å². The lowest BCUT2D eigenvalue weighted by molar-refractivity contribution is 0.0692. The number of rotatable bonds is 3. The lowest BCUT2D eigenvalue weighted by Gasteiger charge is -2.05. The number of hydrogen-bond donors (Lipinski definition) is 1. The molecule has 0 fully saturated rings. The first-order valence-corrected chi connectivity index (χ1v) is 5.83. The third kappa shape index (κ3) is 2.75. The Labute approximate surface area is 107 Å². The van der Waals surface area contributed by atoms with Crippen molar-refractivity contribution >= 4 is 29.3 Å². The predicted molar refractivity (Wildman–Crippen MR) is 64.6 cm³/mol. The molecule has 0 atom stereocenters. The summed E-state index contributed by atoms with van der Waals surface area (Å²) in [7, 11) is 0. The minimum atomic E-state index is -1.02. The number of carboxylic acid groups (broad SMARTS) is 1. The van der Waals surface area contributed by atoms with Crippen LogP contribution in [0.1, 0.15) is 10.4 Å². The highest BCUT2D eigenvalue weighted by atomic mass is 35.5. The zero-order valence-corrected chi connectivity index (χ0v) is 10.1. The van der Waals surface area contributed by atoms with Gasteiger partial charge in [0.2, 0.25) is 0 Å². The fourth-order valence-electron chi connectivity index (χ4n) is 1.18. The van der Waals surface area contributed by atoms with Gasteiger partial charge in [0.25, 0.3) is 0 Å². The van der Waals surface area contributed by atoms with Gasteiger partial charge in [-0.2, -0.15) is 0 Å². The maximum atomic E-state index is 11.0. The van der Waals surface area contributed by atoms with Gasteiger partial charge in [-0.25, -0.2) is 9.78 Å². The van der Waals surface area contributed by atoms with Gasteiger partial charge in [-0.05, 0) is 18.2 Å². The molecule has 6 heteroatoms. The van der Waals surface area contributed by atoms with E-state index in [4.69, 9.17) is 16.7 Å². The van der Waals surface area contributed by atoms with Gasteiger partial charge in [0.15, 0.2) is 0 Å². The Balaban J connectivity index is 2.37. The molecule has 0 radical (unpaired) electrons. The van der Waals surface area contributed by atoms with Crippen LogP contribution in [0, 0.1) is 0 Å². The van der Waals surface area contributed by atoms with Gasteiger partial charge in [-0.15, -0.1) is 0 Å². The molecule has 0 saturated carbocycles. The standard InChI is InChI=1S/C11H7ClN2O2S/c12-8-2-1-4-14-10(8)17-9-3-5-13-6-7(9)11(15)16/h1-6H,(H,15,16). The van der Waals surface area contributed by atoms with Crippen LogP contribution in [0.4, 0.5) is 0 Å². The maximum Gasteiger partial charge on any atom is 0.338 e. The van der Waals surface area contributed by atoms with Crippen molar-refractivity contribution in [1.82, 2.24) is 9.97 Å². The molecular formula is C11H7ClN2O2S. The van der Waals surface area contributed by atoms with E-state index in [1.807, 2.05) is 0 Å². The molecule has 2 heterocycles. The fourth-order valence-corrected chi connectivity index (χ4v) is 2.29. The van der Waals surface area contributed by atoms with Crippen molar-refractivity contribution < 1.29 is 9.90 Å². The highest BCUT2D eigenvalue weighted by Gasteiger charge is 2.12. The van der Waals surface area contributed by atoms with Crippen LogP contribution in [0.25, 0.3) is 0 Å². The minimum Gasteiger partial charge on any atom is -0.478 e. The molecule has 2 aromatic rings. The van der Waals surface area contributed by atoms with E-state index in [2.05, 4.69) is 9.97 Å². The van der Waals surface area contributed by atoms with Crippen LogP contribution in [0.2, 0.25) is 5.02 Å². The molecule has 0 unspecified atom stereocenters. The number of halogens is 1. The minimum absolute atomic E-state index is 0.138. The second kappa shape index (κ2) is 5.16. The molecule has 0 aromatic carbocycles. The number of aromatic nitrogens is 2. The van der Waals surface area contributed by atoms with E-state index in [1.165, 1.54) is 24.2 Å². The number of nitrogens with zero attached hydrogens (tertiary/aromatic N) is 2. The lowest BCUT2D eigenvalue weighted by Crippen LogP contribution is -1.99. The third-order valence-corrected chi connectivity index (χ3v) is 3.45. The second-order valence-corrected chi connectivity index (χ2v) is 4.51. The summed E-state index contributed by atoms with van der Waals surface area (Å²) in [5.41, 5.74) is 0.138. The Kier molecular flexibility index (Phi) is 3.61. The lowest BCUT2D eigenvalue weighted by atomic mass is 10.3. The SMILES string of the molecule is O=C(O)c1cnccc1Sc1ncccc1Cl. The van der Waals surface area contributed by atoms with E-state index in [-0.39, 0.29) is 5.56 Å². The van der Waals surface area contributed by atoms with Crippen molar-refractivity contribution in [1.29, 1.82) is 0 Å². The zero-order valence-electron chi connectivity index (χ0n) is 8.50. The van der Waals surface area contributed by atoms with E-state index in [9.17, 15) is 4.79 Å². The van der Waals surface area contributed by atoms with E-state index in [1.54, 1.807) is 24.4 Å². The van der Waals surface area contributed by atoms with Crippen molar-refractivity contribution in [3.05, 3.63) is 47.4 Å². The molecular weight excluding hydrogens is 260 g/mol. The van der Waals surface area contributed by atoms with Gasteiger partial charge in [-0.1, -0.05) is 23.4 Å². The van der Waals surface area contributed by atoms with Crippen LogP contribution in [-0.2, 0) is 0 Å². The van der Waals surface area contributed by atoms with Crippen molar-refractivity contribution in [2.24, 2.45) is 0 Å². The highest BCUT2D eigenvalue weighted by Crippen LogP contribution is 2.32. The Bertz CT molecular complexity index is 563. The van der Waals surface area contributed by atoms with Crippen LogP contribution >= 0.6 is 23.4 Å². The summed E-state index contributed by atoms with van der Waals surface area (Å²) in [5, 5.41) is 10.1. The fraction of sp³-hybridized carbons (Fsp3) is 0. The van der Waals surface area contributed by atoms with E-state index >= 15 is 0 Å². The van der Waals surface area contributed by atoms with Crippen LogP contribution in [0.3, 0.4) is 0 Å². The smallest absolute Gasteiger partial charge is 0.338 e. The Hall–Kier alpha value is -1.59. The average Bonchev–Trinajstić information content (AvgIpc) is 2.32. The van der Waals surface area contributed by atoms with Gasteiger partial charge >= 0.3 is 5.97 Å². The first kappa shape index (κ1) is 11.9. The molecule has 17 heavy (non-hydrogen) atoms. The van der Waals surface area contributed by atoms with Gasteiger partial charge in [0.1, 0.15) is 5.03 Å². The normalized spacial score (nSPS) is 10.2. The van der Waals surface area contributed by atoms with Gasteiger partial charge in [0, 0.05) is 23.5 Å². The molecule has 0 aliphatic heterocycles. The van der Waals surface area contributed by atoms with E-state index in [0.29, 0.717) is 14.9 Å². The summed E-state index contributed by atoms with van der Waals surface area (Å²) in [6.07, 6.45) is 4.45. The molecule has 0 saturated heterocycles. The molecule has 2 rings (SSSR count). The summed E-state index contributed by atoms with van der Waals surface area (Å²) >= 11 is 7.16. The van der Waals surface area contributed by atoms with Crippen LogP contribution in [-0.4, -0.2) is 21.0 Å². The molecule has 0 aliphatic rings. The van der Waals surface area contributed by atoms with Crippen LogP contribution in [0.5, 0.6) is 0 Å². The summed E-state index contributed by atoms with van der Waals surface area (Å²) in [5.74, 6) is -1.02. The first-order chi connectivity index (χ1) is 8.18. The largest absolute Gasteiger partial charge is 0.478 e. The molecule has 2 aromatic heterocycles. The van der Waals surface area contributed by atoms with Gasteiger partial charge in [-0.3, -0.25) is 4.98 Å². The van der Waals surface area contributed by atoms with Gasteiger partial charge in [0.05, 0.1) is 10.6 Å². The molecule has 86 valence electrons. The average molecular weight is 267 g/mol. The zero-order chi connectivity index (χ0) is 12.3. The van der Waals surface area contributed by atoms with E-state index < -0.39 is 5.97 Å². The molecule has 4 nitrogen and oxygen atoms in total. The topological polar surface area (TPSA) is 63.1 Å². The third-order valence-electron chi connectivity index (χ3n) is 1.94. The quantitative estimate of drug-likeness (QED) is 0.925. The maximum absolute atomic E-state index is 11.0. The van der Waals surface area contributed by atoms with Crippen molar-refractivity contribution in [2.45, 2.75) is 9.92 Å². The molecule has 0 aliphatic carbocycles. The van der Waals surface area contributed by atoms with Crippen molar-refractivity contribution in [2.75, 3.05) is 0 Å². The van der Waals surface area contributed by atoms with Crippen LogP contribution < -0.4 is 0 Å². The first-order valence-electron chi connectivity index (χ1n) is 4.64. The molecule has 0 bridgehead atoms. The highest BCUT2D eigenvalue weighted by molar-refractivity contribution is 7.99. The second-order valence-electron chi connectivity index (χ2n) is 3.07. The summed E-state index contributed by atoms with van der Waals surface area (Å²) in [6, 6.07) is 5.05. The number of carbonyl (C=O) groups is 1. The monoisotopic (exact) mass is 266 g/mol. The summed E-state index contributed by atoms with van der Waals surface area (Å²) in [6.45, 7) is 0. The molecule has 0 spiro atoms. The number of pyridine rings is 2. The Morgan fingerprint density at radius 2 is 2.18 bits per heavy atom. The number of carboxylic acids is 1.